The highest BCUT2D eigenvalue weighted by Gasteiger charge is 2.08. The van der Waals surface area contributed by atoms with E-state index in [0.717, 1.165) is 29.8 Å². The zero-order valence-corrected chi connectivity index (χ0v) is 13.2. The van der Waals surface area contributed by atoms with Gasteiger partial charge in [0.05, 0.1) is 11.7 Å². The van der Waals surface area contributed by atoms with Crippen molar-refractivity contribution in [2.24, 2.45) is 0 Å². The Labute approximate surface area is 126 Å². The molecule has 0 saturated carbocycles. The summed E-state index contributed by atoms with van der Waals surface area (Å²) in [5.41, 5.74) is 5.98. The fraction of sp³-hybridized carbons (Fsp3) is 0.412. The number of carbonyl (C=O) groups is 1. The molecule has 2 N–H and O–H groups in total. The molecule has 0 spiro atoms. The van der Waals surface area contributed by atoms with E-state index in [4.69, 9.17) is 0 Å². The maximum absolute atomic E-state index is 11.1. The molecule has 0 aliphatic heterocycles. The van der Waals surface area contributed by atoms with Crippen molar-refractivity contribution in [3.8, 4) is 0 Å². The molecule has 2 aromatic rings. The quantitative estimate of drug-likeness (QED) is 0.887. The van der Waals surface area contributed by atoms with E-state index in [-0.39, 0.29) is 11.9 Å². The molecule has 1 atom stereocenters. The molecule has 0 aliphatic carbocycles. The highest BCUT2D eigenvalue weighted by Crippen LogP contribution is 2.16. The molecular formula is C17H23N3O. The number of aryl methyl sites for hydroxylation is 3. The second-order valence-electron chi connectivity index (χ2n) is 5.58. The minimum Gasteiger partial charge on any atom is -0.350 e. The van der Waals surface area contributed by atoms with Gasteiger partial charge in [0.2, 0.25) is 5.91 Å². The molecule has 0 unspecified atom stereocenters. The van der Waals surface area contributed by atoms with E-state index >= 15 is 0 Å². The predicted molar refractivity (Wildman–Crippen MR) is 84.1 cm³/mol. The molecule has 0 fully saturated rings. The third-order valence-electron chi connectivity index (χ3n) is 3.84. The van der Waals surface area contributed by atoms with Crippen LogP contribution in [0.25, 0.3) is 0 Å². The van der Waals surface area contributed by atoms with Gasteiger partial charge in [0.15, 0.2) is 0 Å². The largest absolute Gasteiger partial charge is 0.350 e. The number of aromatic nitrogens is 2. The Bertz CT molecular complexity index is 594. The fourth-order valence-corrected chi connectivity index (χ4v) is 2.57. The normalized spacial score (nSPS) is 12.2. The third kappa shape index (κ3) is 3.94. The highest BCUT2D eigenvalue weighted by atomic mass is 16.1. The minimum absolute atomic E-state index is 0.00233. The lowest BCUT2D eigenvalue weighted by Crippen LogP contribution is -2.23. The summed E-state index contributed by atoms with van der Waals surface area (Å²) in [6.45, 7) is 7.64. The molecule has 0 aliphatic rings. The van der Waals surface area contributed by atoms with Crippen LogP contribution >= 0.6 is 0 Å². The summed E-state index contributed by atoms with van der Waals surface area (Å²) < 4.78 is 0. The Morgan fingerprint density at radius 2 is 1.90 bits per heavy atom. The number of benzene rings is 1. The summed E-state index contributed by atoms with van der Waals surface area (Å²) in [7, 11) is 0. The summed E-state index contributed by atoms with van der Waals surface area (Å²) in [6, 6.07) is 8.50. The maximum Gasteiger partial charge on any atom is 0.217 e. The Balaban J connectivity index is 1.98. The standard InChI is InChI=1S/C17H23N3O/c1-11(18-14(4)21)16-8-5-15(6-9-16)7-10-17-12(2)19-20-13(17)3/h5-6,8-9,11H,7,10H2,1-4H3,(H,18,21)(H,19,20)/t11-/m1/s1. The zero-order chi connectivity index (χ0) is 15.4. The smallest absolute Gasteiger partial charge is 0.217 e. The van der Waals surface area contributed by atoms with Gasteiger partial charge in [-0.05, 0) is 50.3 Å². The van der Waals surface area contributed by atoms with Crippen molar-refractivity contribution < 1.29 is 4.79 Å². The van der Waals surface area contributed by atoms with Crippen LogP contribution in [0.5, 0.6) is 0 Å². The van der Waals surface area contributed by atoms with Crippen molar-refractivity contribution in [1.29, 1.82) is 0 Å². The summed E-state index contributed by atoms with van der Waals surface area (Å²) in [5, 5.41) is 10.1. The van der Waals surface area contributed by atoms with Crippen LogP contribution in [0.2, 0.25) is 0 Å². The van der Waals surface area contributed by atoms with E-state index < -0.39 is 0 Å². The van der Waals surface area contributed by atoms with E-state index in [1.165, 1.54) is 11.1 Å². The first-order chi connectivity index (χ1) is 9.97. The van der Waals surface area contributed by atoms with Crippen LogP contribution in [0.1, 0.15) is 48.0 Å². The molecule has 2 rings (SSSR count). The second kappa shape index (κ2) is 6.57. The monoisotopic (exact) mass is 285 g/mol. The topological polar surface area (TPSA) is 57.8 Å². The van der Waals surface area contributed by atoms with Crippen molar-refractivity contribution in [2.75, 3.05) is 0 Å². The van der Waals surface area contributed by atoms with Gasteiger partial charge in [0.25, 0.3) is 0 Å². The molecular weight excluding hydrogens is 262 g/mol. The molecule has 4 nitrogen and oxygen atoms in total. The van der Waals surface area contributed by atoms with Gasteiger partial charge in [-0.3, -0.25) is 9.89 Å². The molecule has 21 heavy (non-hydrogen) atoms. The third-order valence-corrected chi connectivity index (χ3v) is 3.84. The number of aromatic amines is 1. The van der Waals surface area contributed by atoms with Gasteiger partial charge >= 0.3 is 0 Å². The average molecular weight is 285 g/mol. The van der Waals surface area contributed by atoms with E-state index in [1.54, 1.807) is 6.92 Å². The number of amides is 1. The van der Waals surface area contributed by atoms with Gasteiger partial charge < -0.3 is 5.32 Å². The van der Waals surface area contributed by atoms with Gasteiger partial charge in [-0.2, -0.15) is 5.10 Å². The number of rotatable bonds is 5. The molecule has 1 amide bonds. The first-order valence-electron chi connectivity index (χ1n) is 7.33. The summed E-state index contributed by atoms with van der Waals surface area (Å²) in [5.74, 6) is -0.00233. The van der Waals surface area contributed by atoms with Gasteiger partial charge in [-0.25, -0.2) is 0 Å². The molecule has 0 saturated heterocycles. The van der Waals surface area contributed by atoms with Crippen molar-refractivity contribution in [3.05, 3.63) is 52.3 Å². The lowest BCUT2D eigenvalue weighted by molar-refractivity contribution is -0.119. The first-order valence-corrected chi connectivity index (χ1v) is 7.33. The van der Waals surface area contributed by atoms with Crippen molar-refractivity contribution in [1.82, 2.24) is 15.5 Å². The SMILES string of the molecule is CC(=O)N[C@H](C)c1ccc(CCc2c(C)n[nH]c2C)cc1. The maximum atomic E-state index is 11.1. The van der Waals surface area contributed by atoms with E-state index in [1.807, 2.05) is 13.8 Å². The predicted octanol–water partition coefficient (Wildman–Crippen LogP) is 3.01. The van der Waals surface area contributed by atoms with E-state index in [0.29, 0.717) is 0 Å². The number of hydrogen-bond acceptors (Lipinski definition) is 2. The molecule has 0 radical (unpaired) electrons. The lowest BCUT2D eigenvalue weighted by atomic mass is 10.0. The van der Waals surface area contributed by atoms with E-state index in [2.05, 4.69) is 46.7 Å². The summed E-state index contributed by atoms with van der Waals surface area (Å²) >= 11 is 0. The van der Waals surface area contributed by atoms with Gasteiger partial charge in [0.1, 0.15) is 0 Å². The van der Waals surface area contributed by atoms with Crippen LogP contribution in [0.4, 0.5) is 0 Å². The van der Waals surface area contributed by atoms with Gasteiger partial charge in [-0.1, -0.05) is 24.3 Å². The first kappa shape index (κ1) is 15.3. The molecule has 1 aromatic heterocycles. The van der Waals surface area contributed by atoms with E-state index in [9.17, 15) is 4.79 Å². The average Bonchev–Trinajstić information content (AvgIpc) is 2.75. The van der Waals surface area contributed by atoms with Crippen molar-refractivity contribution in [3.63, 3.8) is 0 Å². The molecule has 1 heterocycles. The Kier molecular flexibility index (Phi) is 4.78. The summed E-state index contributed by atoms with van der Waals surface area (Å²) in [6.07, 6.45) is 1.99. The van der Waals surface area contributed by atoms with Crippen LogP contribution < -0.4 is 5.32 Å². The van der Waals surface area contributed by atoms with Crippen LogP contribution in [0, 0.1) is 13.8 Å². The van der Waals surface area contributed by atoms with Crippen molar-refractivity contribution >= 4 is 5.91 Å². The zero-order valence-electron chi connectivity index (χ0n) is 13.2. The van der Waals surface area contributed by atoms with Crippen LogP contribution in [-0.2, 0) is 17.6 Å². The molecule has 0 bridgehead atoms. The number of nitrogens with one attached hydrogen (secondary N) is 2. The molecule has 112 valence electrons. The van der Waals surface area contributed by atoms with Gasteiger partial charge in [0, 0.05) is 12.6 Å². The van der Waals surface area contributed by atoms with Crippen LogP contribution in [0.3, 0.4) is 0 Å². The highest BCUT2D eigenvalue weighted by molar-refractivity contribution is 5.73. The lowest BCUT2D eigenvalue weighted by Gasteiger charge is -2.13. The number of nitrogens with zero attached hydrogens (tertiary/aromatic N) is 1. The Morgan fingerprint density at radius 3 is 2.43 bits per heavy atom. The second-order valence-corrected chi connectivity index (χ2v) is 5.58. The number of carbonyl (C=O) groups excluding carboxylic acids is 1. The molecule has 1 aromatic carbocycles. The van der Waals surface area contributed by atoms with Crippen molar-refractivity contribution in [2.45, 2.75) is 46.6 Å². The number of H-pyrrole nitrogens is 1. The minimum atomic E-state index is -0.00233. The van der Waals surface area contributed by atoms with Gasteiger partial charge in [-0.15, -0.1) is 0 Å². The Hall–Kier alpha value is -2.10. The Morgan fingerprint density at radius 1 is 1.24 bits per heavy atom. The van der Waals surface area contributed by atoms with Crippen LogP contribution in [-0.4, -0.2) is 16.1 Å². The number of hydrogen-bond donors (Lipinski definition) is 2. The molecule has 4 heteroatoms. The summed E-state index contributed by atoms with van der Waals surface area (Å²) in [4.78, 5) is 11.1. The van der Waals surface area contributed by atoms with Crippen LogP contribution in [0.15, 0.2) is 24.3 Å². The fourth-order valence-electron chi connectivity index (χ4n) is 2.57.